The number of amides is 1. The van der Waals surface area contributed by atoms with E-state index >= 15 is 0 Å². The van der Waals surface area contributed by atoms with Crippen molar-refractivity contribution in [3.05, 3.63) is 53.6 Å². The second-order valence-electron chi connectivity index (χ2n) is 7.12. The molecule has 146 valence electrons. The molecule has 2 aromatic carbocycles. The Labute approximate surface area is 174 Å². The van der Waals surface area contributed by atoms with Crippen molar-refractivity contribution in [3.63, 3.8) is 0 Å². The minimum Gasteiger partial charge on any atom is -0.345 e. The number of thioether (sulfide) groups is 1. The lowest BCUT2D eigenvalue weighted by molar-refractivity contribution is -0.128. The first-order valence-corrected chi connectivity index (χ1v) is 11.5. The van der Waals surface area contributed by atoms with Crippen molar-refractivity contribution in [1.82, 2.24) is 9.88 Å². The second kappa shape index (κ2) is 8.53. The number of hydrogen-bond donors (Lipinski definition) is 0. The number of thiazole rings is 1. The largest absolute Gasteiger partial charge is 0.345 e. The molecule has 4 rings (SSSR count). The number of benzene rings is 2. The molecule has 0 spiro atoms. The quantitative estimate of drug-likeness (QED) is 0.575. The van der Waals surface area contributed by atoms with E-state index in [0.29, 0.717) is 5.75 Å². The molecule has 1 saturated heterocycles. The highest BCUT2D eigenvalue weighted by atomic mass is 32.2. The Kier molecular flexibility index (Phi) is 5.87. The molecule has 28 heavy (non-hydrogen) atoms. The molecule has 4 nitrogen and oxygen atoms in total. The van der Waals surface area contributed by atoms with Crippen molar-refractivity contribution in [2.75, 3.05) is 36.8 Å². The van der Waals surface area contributed by atoms with Crippen LogP contribution in [0.3, 0.4) is 0 Å². The maximum absolute atomic E-state index is 12.6. The summed E-state index contributed by atoms with van der Waals surface area (Å²) < 4.78 is 1.25. The van der Waals surface area contributed by atoms with E-state index in [-0.39, 0.29) is 5.91 Å². The summed E-state index contributed by atoms with van der Waals surface area (Å²) in [5.41, 5.74) is 3.67. The topological polar surface area (TPSA) is 36.4 Å². The number of rotatable bonds is 5. The molecule has 1 aliphatic heterocycles. The molecule has 6 heteroatoms. The van der Waals surface area contributed by atoms with Crippen LogP contribution < -0.4 is 4.90 Å². The molecule has 3 aromatic rings. The maximum Gasteiger partial charge on any atom is 0.233 e. The van der Waals surface area contributed by atoms with Gasteiger partial charge >= 0.3 is 0 Å². The highest BCUT2D eigenvalue weighted by molar-refractivity contribution is 8.00. The number of carbonyl (C=O) groups is 1. The molecule has 0 unspecified atom stereocenters. The summed E-state index contributed by atoms with van der Waals surface area (Å²) in [4.78, 5) is 22.8. The average Bonchev–Trinajstić information content (AvgIpc) is 3.16. The predicted molar refractivity (Wildman–Crippen MR) is 120 cm³/mol. The molecule has 1 aliphatic rings. The van der Waals surface area contributed by atoms with Gasteiger partial charge in [-0.05, 0) is 43.2 Å². The first-order valence-electron chi connectivity index (χ1n) is 9.74. The fourth-order valence-corrected chi connectivity index (χ4v) is 5.21. The lowest BCUT2D eigenvalue weighted by Gasteiger charge is -2.34. The van der Waals surface area contributed by atoms with Gasteiger partial charge in [0.2, 0.25) is 5.91 Å². The van der Waals surface area contributed by atoms with E-state index in [9.17, 15) is 4.79 Å². The van der Waals surface area contributed by atoms with Crippen LogP contribution in [0.4, 0.5) is 5.13 Å². The molecule has 1 amide bonds. The van der Waals surface area contributed by atoms with Crippen LogP contribution >= 0.6 is 23.1 Å². The van der Waals surface area contributed by atoms with Gasteiger partial charge in [0.05, 0.1) is 16.0 Å². The highest BCUT2D eigenvalue weighted by Crippen LogP contribution is 2.30. The van der Waals surface area contributed by atoms with Crippen LogP contribution in [0.1, 0.15) is 18.1 Å². The number of anilines is 1. The van der Waals surface area contributed by atoms with E-state index in [4.69, 9.17) is 4.98 Å². The summed E-state index contributed by atoms with van der Waals surface area (Å²) in [7, 11) is 0. The van der Waals surface area contributed by atoms with Crippen LogP contribution in [0.25, 0.3) is 10.2 Å². The van der Waals surface area contributed by atoms with E-state index in [1.54, 1.807) is 23.1 Å². The summed E-state index contributed by atoms with van der Waals surface area (Å²) in [6, 6.07) is 14.9. The van der Waals surface area contributed by atoms with Gasteiger partial charge < -0.3 is 9.80 Å². The smallest absolute Gasteiger partial charge is 0.233 e. The number of nitrogens with zero attached hydrogens (tertiary/aromatic N) is 3. The predicted octanol–water partition coefficient (Wildman–Crippen LogP) is 4.61. The van der Waals surface area contributed by atoms with E-state index in [1.807, 2.05) is 4.90 Å². The van der Waals surface area contributed by atoms with Gasteiger partial charge in [0.1, 0.15) is 0 Å². The average molecular weight is 412 g/mol. The van der Waals surface area contributed by atoms with E-state index in [2.05, 4.69) is 61.2 Å². The third kappa shape index (κ3) is 4.33. The lowest BCUT2D eigenvalue weighted by Crippen LogP contribution is -2.49. The molecule has 0 aliphatic carbocycles. The van der Waals surface area contributed by atoms with Gasteiger partial charge in [-0.2, -0.15) is 0 Å². The zero-order valence-corrected chi connectivity index (χ0v) is 18.0. The number of fused-ring (bicyclic) bond motifs is 1. The Morgan fingerprint density at radius 3 is 2.57 bits per heavy atom. The lowest BCUT2D eigenvalue weighted by atomic mass is 10.2. The zero-order chi connectivity index (χ0) is 19.5. The molecular weight excluding hydrogens is 386 g/mol. The Bertz CT molecular complexity index is 960. The molecular formula is C22H25N3OS2. The highest BCUT2D eigenvalue weighted by Gasteiger charge is 2.23. The summed E-state index contributed by atoms with van der Waals surface area (Å²) in [5, 5.41) is 1.07. The number of aryl methyl sites for hydroxylation is 2. The Morgan fingerprint density at radius 2 is 1.86 bits per heavy atom. The minimum absolute atomic E-state index is 0.224. The number of aromatic nitrogens is 1. The van der Waals surface area contributed by atoms with Gasteiger partial charge in [0, 0.05) is 31.1 Å². The fraction of sp³-hybridized carbons (Fsp3) is 0.364. The van der Waals surface area contributed by atoms with Gasteiger partial charge in [0.25, 0.3) is 0 Å². The van der Waals surface area contributed by atoms with Gasteiger partial charge in [-0.15, -0.1) is 11.8 Å². The van der Waals surface area contributed by atoms with Crippen LogP contribution in [-0.4, -0.2) is 47.7 Å². The van der Waals surface area contributed by atoms with Crippen LogP contribution in [0, 0.1) is 6.92 Å². The second-order valence-corrected chi connectivity index (χ2v) is 9.18. The summed E-state index contributed by atoms with van der Waals surface area (Å²) in [6.45, 7) is 7.49. The van der Waals surface area contributed by atoms with Crippen molar-refractivity contribution in [1.29, 1.82) is 0 Å². The molecule has 1 fully saturated rings. The van der Waals surface area contributed by atoms with Crippen molar-refractivity contribution in [2.24, 2.45) is 0 Å². The first-order chi connectivity index (χ1) is 13.6. The van der Waals surface area contributed by atoms with Crippen LogP contribution in [0.2, 0.25) is 0 Å². The van der Waals surface area contributed by atoms with Crippen LogP contribution in [0.5, 0.6) is 0 Å². The van der Waals surface area contributed by atoms with E-state index in [0.717, 1.165) is 48.1 Å². The first kappa shape index (κ1) is 19.3. The van der Waals surface area contributed by atoms with E-state index in [1.165, 1.54) is 15.8 Å². The van der Waals surface area contributed by atoms with Crippen LogP contribution in [0.15, 0.2) is 47.4 Å². The summed E-state index contributed by atoms with van der Waals surface area (Å²) in [6.07, 6.45) is 1.05. The molecule has 0 saturated carbocycles. The Balaban J connectivity index is 1.32. The van der Waals surface area contributed by atoms with Gasteiger partial charge in [-0.25, -0.2) is 4.98 Å². The maximum atomic E-state index is 12.6. The Hall–Kier alpha value is -2.05. The van der Waals surface area contributed by atoms with Gasteiger partial charge in [-0.3, -0.25) is 4.79 Å². The van der Waals surface area contributed by atoms with Crippen LogP contribution in [-0.2, 0) is 11.2 Å². The molecule has 0 radical (unpaired) electrons. The molecule has 1 aromatic heterocycles. The fourth-order valence-electron chi connectivity index (χ4n) is 3.33. The number of hydrogen-bond acceptors (Lipinski definition) is 5. The molecule has 0 N–H and O–H groups in total. The van der Waals surface area contributed by atoms with Crippen molar-refractivity contribution in [3.8, 4) is 0 Å². The third-order valence-electron chi connectivity index (χ3n) is 5.14. The minimum atomic E-state index is 0.224. The molecule has 0 atom stereocenters. The van der Waals surface area contributed by atoms with Gasteiger partial charge in [-0.1, -0.05) is 42.0 Å². The number of piperazine rings is 1. The van der Waals surface area contributed by atoms with E-state index < -0.39 is 0 Å². The van der Waals surface area contributed by atoms with Crippen molar-refractivity contribution in [2.45, 2.75) is 25.2 Å². The molecule has 0 bridgehead atoms. The van der Waals surface area contributed by atoms with Crippen molar-refractivity contribution < 1.29 is 4.79 Å². The standard InChI is InChI=1S/C22H25N3OS2/c1-3-17-6-9-19-20(14-17)28-22(23-19)25-12-10-24(11-13-25)21(26)15-27-18-7-4-16(2)5-8-18/h4-9,14H,3,10-13,15H2,1-2H3. The third-order valence-corrected chi connectivity index (χ3v) is 7.21. The SMILES string of the molecule is CCc1ccc2nc(N3CCN(C(=O)CSc4ccc(C)cc4)CC3)sc2c1. The summed E-state index contributed by atoms with van der Waals surface area (Å²) in [5.74, 6) is 0.728. The zero-order valence-electron chi connectivity index (χ0n) is 16.4. The monoisotopic (exact) mass is 411 g/mol. The number of carbonyl (C=O) groups excluding carboxylic acids is 1. The van der Waals surface area contributed by atoms with Gasteiger partial charge in [0.15, 0.2) is 5.13 Å². The Morgan fingerprint density at radius 1 is 1.11 bits per heavy atom. The summed E-state index contributed by atoms with van der Waals surface area (Å²) >= 11 is 3.38. The molecule has 2 heterocycles. The normalized spacial score (nSPS) is 14.6. The van der Waals surface area contributed by atoms with Crippen molar-refractivity contribution >= 4 is 44.4 Å².